The quantitative estimate of drug-likeness (QED) is 0.488. The van der Waals surface area contributed by atoms with Crippen LogP contribution in [-0.2, 0) is 12.8 Å². The number of rotatable bonds is 7. The van der Waals surface area contributed by atoms with E-state index in [1.165, 1.54) is 61.2 Å². The number of anilines is 1. The fraction of sp³-hybridized carbons (Fsp3) is 0.379. The van der Waals surface area contributed by atoms with Crippen molar-refractivity contribution in [1.29, 1.82) is 0 Å². The minimum absolute atomic E-state index is 0.0958. The van der Waals surface area contributed by atoms with Crippen LogP contribution >= 0.6 is 0 Å². The van der Waals surface area contributed by atoms with Crippen LogP contribution in [0.15, 0.2) is 66.7 Å². The van der Waals surface area contributed by atoms with Crippen molar-refractivity contribution < 1.29 is 14.2 Å². The smallest absolute Gasteiger partial charge is 0.123 e. The SMILES string of the molecule is Oc1ccc2c(c1)CCN(c1ccc(F)cc1)C2Cc1cccc(OCCN2CCCCC2)c1. The van der Waals surface area contributed by atoms with Gasteiger partial charge in [0.15, 0.2) is 0 Å². The molecule has 0 spiro atoms. The first-order valence-corrected chi connectivity index (χ1v) is 12.4. The number of phenolic OH excluding ortho intramolecular Hbond substituents is 1. The molecule has 2 aliphatic heterocycles. The summed E-state index contributed by atoms with van der Waals surface area (Å²) in [7, 11) is 0. The van der Waals surface area contributed by atoms with Crippen LogP contribution in [0, 0.1) is 5.82 Å². The van der Waals surface area contributed by atoms with E-state index in [1.807, 2.05) is 30.3 Å². The largest absolute Gasteiger partial charge is 0.508 e. The summed E-state index contributed by atoms with van der Waals surface area (Å²) >= 11 is 0. The molecule has 0 aliphatic carbocycles. The van der Waals surface area contributed by atoms with Crippen molar-refractivity contribution in [3.05, 3.63) is 89.2 Å². The van der Waals surface area contributed by atoms with Crippen LogP contribution in [0.1, 0.15) is 42.0 Å². The maximum absolute atomic E-state index is 13.6. The summed E-state index contributed by atoms with van der Waals surface area (Å²) in [6, 6.07) is 20.9. The van der Waals surface area contributed by atoms with E-state index in [9.17, 15) is 9.50 Å². The summed E-state index contributed by atoms with van der Waals surface area (Å²) in [5, 5.41) is 10.0. The van der Waals surface area contributed by atoms with Crippen molar-refractivity contribution in [2.45, 2.75) is 38.1 Å². The van der Waals surface area contributed by atoms with Crippen LogP contribution in [0.4, 0.5) is 10.1 Å². The molecule has 0 aromatic heterocycles. The van der Waals surface area contributed by atoms with E-state index >= 15 is 0 Å². The van der Waals surface area contributed by atoms with Crippen LogP contribution in [0.3, 0.4) is 0 Å². The molecule has 0 radical (unpaired) electrons. The molecule has 0 bridgehead atoms. The van der Waals surface area contributed by atoms with Crippen molar-refractivity contribution in [3.8, 4) is 11.5 Å². The standard InChI is InChI=1S/C29H33FN2O2/c30-24-7-9-25(10-8-24)32-16-13-23-21-26(33)11-12-28(23)29(32)20-22-5-4-6-27(19-22)34-18-17-31-14-2-1-3-15-31/h4-12,19,21,29,33H,1-3,13-18,20H2. The molecule has 178 valence electrons. The number of halogens is 1. The minimum Gasteiger partial charge on any atom is -0.508 e. The second-order valence-electron chi connectivity index (χ2n) is 9.42. The van der Waals surface area contributed by atoms with Gasteiger partial charge in [0, 0.05) is 18.8 Å². The summed E-state index contributed by atoms with van der Waals surface area (Å²) in [5.41, 5.74) is 4.61. The fourth-order valence-electron chi connectivity index (χ4n) is 5.32. The van der Waals surface area contributed by atoms with Crippen molar-refractivity contribution in [3.63, 3.8) is 0 Å². The Bertz CT molecular complexity index is 1100. The number of phenols is 1. The van der Waals surface area contributed by atoms with Gasteiger partial charge < -0.3 is 14.7 Å². The highest BCUT2D eigenvalue weighted by Gasteiger charge is 2.28. The van der Waals surface area contributed by atoms with Crippen molar-refractivity contribution in [2.24, 2.45) is 0 Å². The molecule has 34 heavy (non-hydrogen) atoms. The van der Waals surface area contributed by atoms with Crippen LogP contribution in [0.2, 0.25) is 0 Å². The van der Waals surface area contributed by atoms with Gasteiger partial charge in [0.2, 0.25) is 0 Å². The summed E-state index contributed by atoms with van der Waals surface area (Å²) < 4.78 is 19.7. The summed E-state index contributed by atoms with van der Waals surface area (Å²) in [5.74, 6) is 0.985. The Morgan fingerprint density at radius 1 is 0.912 bits per heavy atom. The number of aromatic hydroxyl groups is 1. The van der Waals surface area contributed by atoms with E-state index in [-0.39, 0.29) is 11.9 Å². The zero-order chi connectivity index (χ0) is 23.3. The third kappa shape index (κ3) is 5.36. The molecule has 2 heterocycles. The highest BCUT2D eigenvalue weighted by Crippen LogP contribution is 2.37. The first-order valence-electron chi connectivity index (χ1n) is 12.4. The van der Waals surface area contributed by atoms with Gasteiger partial charge in [-0.3, -0.25) is 4.90 Å². The summed E-state index contributed by atoms with van der Waals surface area (Å²) in [6.45, 7) is 4.86. The third-order valence-corrected chi connectivity index (χ3v) is 7.09. The van der Waals surface area contributed by atoms with E-state index in [0.717, 1.165) is 37.4 Å². The Morgan fingerprint density at radius 3 is 2.56 bits per heavy atom. The van der Waals surface area contributed by atoms with Gasteiger partial charge in [-0.2, -0.15) is 0 Å². The predicted molar refractivity (Wildman–Crippen MR) is 134 cm³/mol. The van der Waals surface area contributed by atoms with Gasteiger partial charge in [-0.05, 0) is 104 Å². The molecule has 5 heteroatoms. The molecular formula is C29H33FN2O2. The molecule has 1 fully saturated rings. The zero-order valence-corrected chi connectivity index (χ0v) is 19.6. The van der Waals surface area contributed by atoms with Crippen molar-refractivity contribution in [2.75, 3.05) is 37.7 Å². The molecule has 3 aromatic carbocycles. The van der Waals surface area contributed by atoms with Crippen molar-refractivity contribution >= 4 is 5.69 Å². The van der Waals surface area contributed by atoms with Gasteiger partial charge in [-0.25, -0.2) is 4.39 Å². The summed E-state index contributed by atoms with van der Waals surface area (Å²) in [6.07, 6.45) is 5.58. The second kappa shape index (κ2) is 10.5. The minimum atomic E-state index is -0.225. The first kappa shape index (κ1) is 22.7. The van der Waals surface area contributed by atoms with Crippen LogP contribution in [0.5, 0.6) is 11.5 Å². The fourth-order valence-corrected chi connectivity index (χ4v) is 5.32. The lowest BCUT2D eigenvalue weighted by molar-refractivity contribution is 0.183. The van der Waals surface area contributed by atoms with E-state index in [4.69, 9.17) is 4.74 Å². The third-order valence-electron chi connectivity index (χ3n) is 7.09. The molecule has 3 aromatic rings. The van der Waals surface area contributed by atoms with Gasteiger partial charge >= 0.3 is 0 Å². The molecule has 0 saturated carbocycles. The maximum atomic E-state index is 13.6. The molecule has 1 unspecified atom stereocenters. The molecular weight excluding hydrogens is 427 g/mol. The number of ether oxygens (including phenoxy) is 1. The number of likely N-dealkylation sites (tertiary alicyclic amines) is 1. The second-order valence-corrected chi connectivity index (χ2v) is 9.42. The van der Waals surface area contributed by atoms with E-state index in [1.54, 1.807) is 6.07 Å². The predicted octanol–water partition coefficient (Wildman–Crippen LogP) is 5.74. The van der Waals surface area contributed by atoms with Gasteiger partial charge in [-0.15, -0.1) is 0 Å². The highest BCUT2D eigenvalue weighted by atomic mass is 19.1. The Kier molecular flexibility index (Phi) is 7.00. The lowest BCUT2D eigenvalue weighted by Gasteiger charge is -2.39. The number of fused-ring (bicyclic) bond motifs is 1. The molecule has 1 saturated heterocycles. The lowest BCUT2D eigenvalue weighted by Crippen LogP contribution is -2.36. The van der Waals surface area contributed by atoms with Gasteiger partial charge in [0.25, 0.3) is 0 Å². The maximum Gasteiger partial charge on any atom is 0.123 e. The van der Waals surface area contributed by atoms with Gasteiger partial charge in [0.1, 0.15) is 23.9 Å². The zero-order valence-electron chi connectivity index (χ0n) is 19.6. The first-order chi connectivity index (χ1) is 16.7. The number of hydrogen-bond acceptors (Lipinski definition) is 4. The Hall–Kier alpha value is -3.05. The molecule has 1 N–H and O–H groups in total. The normalized spacial score (nSPS) is 18.5. The Balaban J connectivity index is 1.34. The molecule has 0 amide bonds. The molecule has 4 nitrogen and oxygen atoms in total. The lowest BCUT2D eigenvalue weighted by atomic mass is 9.88. The van der Waals surface area contributed by atoms with E-state index in [0.29, 0.717) is 12.4 Å². The van der Waals surface area contributed by atoms with Gasteiger partial charge in [0.05, 0.1) is 6.04 Å². The number of nitrogens with zero attached hydrogens (tertiary/aromatic N) is 2. The molecule has 1 atom stereocenters. The number of benzene rings is 3. The van der Waals surface area contributed by atoms with Crippen LogP contribution < -0.4 is 9.64 Å². The number of hydrogen-bond donors (Lipinski definition) is 1. The van der Waals surface area contributed by atoms with E-state index < -0.39 is 0 Å². The van der Waals surface area contributed by atoms with Crippen LogP contribution in [-0.4, -0.2) is 42.8 Å². The van der Waals surface area contributed by atoms with E-state index in [2.05, 4.69) is 28.0 Å². The summed E-state index contributed by atoms with van der Waals surface area (Å²) in [4.78, 5) is 4.84. The Morgan fingerprint density at radius 2 is 1.74 bits per heavy atom. The molecule has 2 aliphatic rings. The average molecular weight is 461 g/mol. The Labute approximate surface area is 201 Å². The van der Waals surface area contributed by atoms with Crippen molar-refractivity contribution in [1.82, 2.24) is 4.90 Å². The highest BCUT2D eigenvalue weighted by molar-refractivity contribution is 5.54. The monoisotopic (exact) mass is 460 g/mol. The average Bonchev–Trinajstić information content (AvgIpc) is 2.86. The molecule has 5 rings (SSSR count). The topological polar surface area (TPSA) is 35.9 Å². The number of piperidine rings is 1. The van der Waals surface area contributed by atoms with Crippen LogP contribution in [0.25, 0.3) is 0 Å². The van der Waals surface area contributed by atoms with Gasteiger partial charge in [-0.1, -0.05) is 24.6 Å².